The zero-order valence-corrected chi connectivity index (χ0v) is 27.0. The Labute approximate surface area is 284 Å². The highest BCUT2D eigenvalue weighted by Crippen LogP contribution is 2.34. The van der Waals surface area contributed by atoms with Crippen LogP contribution >= 0.6 is 0 Å². The first-order valence-corrected chi connectivity index (χ1v) is 14.9. The number of hydrogen-bond donors (Lipinski definition) is 5. The smallest absolute Gasteiger partial charge is 0.328 e. The molecule has 0 saturated carbocycles. The number of aliphatic carboxylic acids is 4. The van der Waals surface area contributed by atoms with Gasteiger partial charge in [0.05, 0.1) is 24.3 Å². The summed E-state index contributed by atoms with van der Waals surface area (Å²) in [5, 5.41) is 35.5. The molecule has 0 atom stereocenters. The van der Waals surface area contributed by atoms with E-state index < -0.39 is 23.9 Å². The van der Waals surface area contributed by atoms with Crippen LogP contribution in [0.15, 0.2) is 77.4 Å². The highest BCUT2D eigenvalue weighted by atomic mass is 16.5. The number of benzene rings is 2. The predicted molar refractivity (Wildman–Crippen MR) is 178 cm³/mol. The van der Waals surface area contributed by atoms with E-state index in [2.05, 4.69) is 15.2 Å². The molecule has 5 rings (SSSR count). The summed E-state index contributed by atoms with van der Waals surface area (Å²) in [6, 6.07) is 13.1. The van der Waals surface area contributed by atoms with Crippen molar-refractivity contribution in [2.45, 2.75) is 6.92 Å². The number of hydrogen-bond acceptors (Lipinski definition) is 11. The minimum Gasteiger partial charge on any atom is -0.492 e. The first kappa shape index (κ1) is 38.2. The zero-order chi connectivity index (χ0) is 36.6. The highest BCUT2D eigenvalue weighted by Gasteiger charge is 2.18. The number of fused-ring (bicyclic) bond motifs is 2. The molecule has 3 heterocycles. The van der Waals surface area contributed by atoms with Gasteiger partial charge in [-0.15, -0.1) is 0 Å². The number of carbonyl (C=O) groups is 5. The number of carboxylic acids is 4. The number of aromatic nitrogens is 1. The minimum absolute atomic E-state index is 0.173. The third-order valence-corrected chi connectivity index (χ3v) is 6.71. The Kier molecular flexibility index (Phi) is 14.4. The minimum atomic E-state index is -1.26. The molecule has 0 spiro atoms. The van der Waals surface area contributed by atoms with Gasteiger partial charge < -0.3 is 44.4 Å². The highest BCUT2D eigenvalue weighted by molar-refractivity contribution is 6.07. The molecule has 2 aromatic carbocycles. The van der Waals surface area contributed by atoms with Crippen LogP contribution in [0.1, 0.15) is 16.1 Å². The summed E-state index contributed by atoms with van der Waals surface area (Å²) >= 11 is 0. The Bertz CT molecular complexity index is 1830. The second-order valence-corrected chi connectivity index (χ2v) is 10.2. The summed E-state index contributed by atoms with van der Waals surface area (Å²) in [5.41, 5.74) is 1.93. The quantitative estimate of drug-likeness (QED) is 0.141. The van der Waals surface area contributed by atoms with Crippen molar-refractivity contribution < 1.29 is 63.0 Å². The van der Waals surface area contributed by atoms with Gasteiger partial charge in [-0.2, -0.15) is 0 Å². The molecule has 0 aliphatic carbocycles. The molecule has 1 fully saturated rings. The first-order valence-electron chi connectivity index (χ1n) is 14.9. The van der Waals surface area contributed by atoms with Crippen LogP contribution in [0.4, 0.5) is 0 Å². The van der Waals surface area contributed by atoms with E-state index in [0.29, 0.717) is 59.3 Å². The molecular formula is C34H35N3O13. The van der Waals surface area contributed by atoms with Gasteiger partial charge in [-0.3, -0.25) is 14.7 Å². The lowest BCUT2D eigenvalue weighted by molar-refractivity contribution is -0.134. The summed E-state index contributed by atoms with van der Waals surface area (Å²) in [4.78, 5) is 57.2. The molecule has 5 N–H and O–H groups in total. The number of rotatable bonds is 11. The number of amides is 1. The number of nitrogens with zero attached hydrogens (tertiary/aromatic N) is 2. The molecule has 50 heavy (non-hydrogen) atoms. The van der Waals surface area contributed by atoms with Gasteiger partial charge in [-0.05, 0) is 37.3 Å². The SMILES string of the molecule is CNC(=O)c1c(C)oc2cc(Oc3ccnc4cc(OCCN5CCOCC5)ccc34)ccc12.O=C(O)/C=C\C(=O)O.O=C(O)/C=C\C(=O)O. The molecule has 2 aromatic heterocycles. The van der Waals surface area contributed by atoms with Crippen LogP contribution in [0.5, 0.6) is 17.2 Å². The number of ether oxygens (including phenoxy) is 3. The zero-order valence-electron chi connectivity index (χ0n) is 27.0. The maximum Gasteiger partial charge on any atom is 0.328 e. The third-order valence-electron chi connectivity index (χ3n) is 6.71. The van der Waals surface area contributed by atoms with Crippen LogP contribution in [-0.2, 0) is 23.9 Å². The van der Waals surface area contributed by atoms with Gasteiger partial charge in [0.15, 0.2) is 0 Å². The van der Waals surface area contributed by atoms with Crippen molar-refractivity contribution in [2.24, 2.45) is 0 Å². The van der Waals surface area contributed by atoms with Crippen LogP contribution in [-0.4, -0.2) is 107 Å². The number of furan rings is 1. The number of carbonyl (C=O) groups excluding carboxylic acids is 1. The van der Waals surface area contributed by atoms with Crippen molar-refractivity contribution in [3.8, 4) is 17.2 Å². The molecule has 0 radical (unpaired) electrons. The fourth-order valence-corrected chi connectivity index (χ4v) is 4.48. The van der Waals surface area contributed by atoms with E-state index in [9.17, 15) is 24.0 Å². The molecule has 1 aliphatic rings. The molecule has 1 saturated heterocycles. The fourth-order valence-electron chi connectivity index (χ4n) is 4.48. The number of carboxylic acid groups (broad SMARTS) is 4. The number of nitrogens with one attached hydrogen (secondary N) is 1. The van der Waals surface area contributed by atoms with Crippen molar-refractivity contribution in [1.29, 1.82) is 0 Å². The Morgan fingerprint density at radius 2 is 1.42 bits per heavy atom. The predicted octanol–water partition coefficient (Wildman–Crippen LogP) is 3.58. The van der Waals surface area contributed by atoms with Gasteiger partial charge in [-0.1, -0.05) is 0 Å². The van der Waals surface area contributed by atoms with Gasteiger partial charge in [0.2, 0.25) is 0 Å². The monoisotopic (exact) mass is 693 g/mol. The second-order valence-electron chi connectivity index (χ2n) is 10.2. The van der Waals surface area contributed by atoms with E-state index in [1.807, 2.05) is 36.4 Å². The van der Waals surface area contributed by atoms with Gasteiger partial charge >= 0.3 is 23.9 Å². The van der Waals surface area contributed by atoms with Crippen molar-refractivity contribution in [1.82, 2.24) is 15.2 Å². The molecular weight excluding hydrogens is 658 g/mol. The summed E-state index contributed by atoms with van der Waals surface area (Å²) in [6.45, 7) is 6.72. The summed E-state index contributed by atoms with van der Waals surface area (Å²) in [6.07, 6.45) is 3.95. The lowest BCUT2D eigenvalue weighted by atomic mass is 10.1. The molecule has 16 nitrogen and oxygen atoms in total. The molecule has 4 aromatic rings. The van der Waals surface area contributed by atoms with E-state index in [1.165, 1.54) is 0 Å². The Morgan fingerprint density at radius 3 is 2.00 bits per heavy atom. The molecule has 0 unspecified atom stereocenters. The molecule has 0 bridgehead atoms. The molecule has 264 valence electrons. The van der Waals surface area contributed by atoms with Gasteiger partial charge in [0.25, 0.3) is 5.91 Å². The van der Waals surface area contributed by atoms with Crippen molar-refractivity contribution in [2.75, 3.05) is 46.5 Å². The molecule has 1 amide bonds. The summed E-state index contributed by atoms with van der Waals surface area (Å²) < 4.78 is 23.3. The van der Waals surface area contributed by atoms with Crippen LogP contribution in [0.2, 0.25) is 0 Å². The maximum absolute atomic E-state index is 12.2. The van der Waals surface area contributed by atoms with Gasteiger partial charge in [0.1, 0.15) is 35.2 Å². The first-order chi connectivity index (χ1) is 23.9. The lowest BCUT2D eigenvalue weighted by Gasteiger charge is -2.26. The van der Waals surface area contributed by atoms with Crippen molar-refractivity contribution in [3.63, 3.8) is 0 Å². The Hall–Kier alpha value is -6.26. The van der Waals surface area contributed by atoms with E-state index >= 15 is 0 Å². The van der Waals surface area contributed by atoms with E-state index in [4.69, 9.17) is 39.1 Å². The van der Waals surface area contributed by atoms with Gasteiger partial charge in [0, 0.05) is 80.1 Å². The Morgan fingerprint density at radius 1 is 0.840 bits per heavy atom. The van der Waals surface area contributed by atoms with E-state index in [-0.39, 0.29) is 5.91 Å². The van der Waals surface area contributed by atoms with Gasteiger partial charge in [-0.25, -0.2) is 19.2 Å². The Balaban J connectivity index is 0.000000352. The van der Waals surface area contributed by atoms with Crippen LogP contribution in [0.25, 0.3) is 21.9 Å². The molecule has 1 aliphatic heterocycles. The number of morpholine rings is 1. The van der Waals surface area contributed by atoms with Crippen LogP contribution < -0.4 is 14.8 Å². The van der Waals surface area contributed by atoms with Crippen molar-refractivity contribution >= 4 is 51.7 Å². The maximum atomic E-state index is 12.2. The van der Waals surface area contributed by atoms with E-state index in [0.717, 1.165) is 54.9 Å². The summed E-state index contributed by atoms with van der Waals surface area (Å²) in [5.74, 6) is -2.56. The van der Waals surface area contributed by atoms with Crippen molar-refractivity contribution in [3.05, 3.63) is 84.3 Å². The van der Waals surface area contributed by atoms with E-state index in [1.54, 1.807) is 26.2 Å². The number of aryl methyl sites for hydroxylation is 1. The normalized spacial score (nSPS) is 12.8. The van der Waals surface area contributed by atoms with Crippen LogP contribution in [0.3, 0.4) is 0 Å². The second kappa shape index (κ2) is 18.9. The summed E-state index contributed by atoms with van der Waals surface area (Å²) in [7, 11) is 1.60. The average Bonchev–Trinajstić information content (AvgIpc) is 3.42. The number of pyridine rings is 1. The fraction of sp³-hybridized carbons (Fsp3) is 0.235. The third kappa shape index (κ3) is 12.1. The van der Waals surface area contributed by atoms with Crippen LogP contribution in [0, 0.1) is 6.92 Å². The lowest BCUT2D eigenvalue weighted by Crippen LogP contribution is -2.38. The average molecular weight is 694 g/mol. The topological polar surface area (TPSA) is 235 Å². The standard InChI is InChI=1S/C26H27N3O5.2C4H4O4/c1-17-25(26(30)27-2)21-6-4-19(16-24(21)33-17)34-23-7-8-28-22-15-18(3-5-20(22)23)32-14-11-29-9-12-31-13-10-29;2*5-3(6)1-2-4(7)8/h3-8,15-16H,9-14H2,1-2H3,(H,27,30);2*1-2H,(H,5,6)(H,7,8)/b;2*2-1-. The molecule has 16 heteroatoms. The largest absolute Gasteiger partial charge is 0.492 e.